The zero-order chi connectivity index (χ0) is 10.7. The Morgan fingerprint density at radius 2 is 1.86 bits per heavy atom. The molecule has 0 spiro atoms. The topological polar surface area (TPSA) is 3.24 Å². The van der Waals surface area contributed by atoms with Crippen molar-refractivity contribution < 1.29 is 0 Å². The number of hydrogen-bond donors (Lipinski definition) is 0. The molecule has 1 aliphatic heterocycles. The lowest BCUT2D eigenvalue weighted by atomic mass is 9.87. The summed E-state index contributed by atoms with van der Waals surface area (Å²) >= 11 is 2.01. The summed E-state index contributed by atoms with van der Waals surface area (Å²) in [5, 5.41) is 0. The third kappa shape index (κ3) is 2.90. The highest BCUT2D eigenvalue weighted by Crippen LogP contribution is 2.32. The summed E-state index contributed by atoms with van der Waals surface area (Å²) < 4.78 is 0. The highest BCUT2D eigenvalue weighted by Gasteiger charge is 2.34. The first-order chi connectivity index (χ1) is 6.56. The molecule has 1 aliphatic rings. The molecule has 2 heteroatoms. The van der Waals surface area contributed by atoms with Crippen LogP contribution in [0.15, 0.2) is 0 Å². The van der Waals surface area contributed by atoms with Gasteiger partial charge in [0.1, 0.15) is 0 Å². The minimum absolute atomic E-state index is 0.725. The minimum atomic E-state index is 0.725. The summed E-state index contributed by atoms with van der Waals surface area (Å²) in [6.07, 6.45) is 2.23. The zero-order valence-electron chi connectivity index (χ0n) is 10.3. The van der Waals surface area contributed by atoms with Gasteiger partial charge in [-0.3, -0.25) is 0 Å². The van der Waals surface area contributed by atoms with Crippen molar-refractivity contribution in [1.29, 1.82) is 0 Å². The first-order valence-corrected chi connectivity index (χ1v) is 7.18. The second kappa shape index (κ2) is 5.41. The lowest BCUT2D eigenvalue weighted by molar-refractivity contribution is 0.253. The molecule has 2 unspecified atom stereocenters. The van der Waals surface area contributed by atoms with Gasteiger partial charge in [-0.1, -0.05) is 13.8 Å². The average Bonchev–Trinajstić information content (AvgIpc) is 2.49. The highest BCUT2D eigenvalue weighted by molar-refractivity contribution is 7.98. The molecule has 0 aromatic heterocycles. The average molecular weight is 215 g/mol. The van der Waals surface area contributed by atoms with Crippen LogP contribution in [0.3, 0.4) is 0 Å². The molecule has 0 N–H and O–H groups in total. The lowest BCUT2D eigenvalue weighted by Gasteiger charge is -2.21. The van der Waals surface area contributed by atoms with Crippen LogP contribution >= 0.6 is 11.8 Å². The Bertz CT molecular complexity index is 168. The van der Waals surface area contributed by atoms with E-state index >= 15 is 0 Å². The molecule has 0 aromatic carbocycles. The molecule has 1 rings (SSSR count). The predicted octanol–water partition coefficient (Wildman–Crippen LogP) is 2.96. The van der Waals surface area contributed by atoms with E-state index in [1.54, 1.807) is 0 Å². The molecule has 0 radical (unpaired) electrons. The van der Waals surface area contributed by atoms with Crippen molar-refractivity contribution in [2.45, 2.75) is 33.7 Å². The van der Waals surface area contributed by atoms with E-state index in [-0.39, 0.29) is 0 Å². The summed E-state index contributed by atoms with van der Waals surface area (Å²) in [4.78, 5) is 2.64. The van der Waals surface area contributed by atoms with Crippen LogP contribution in [-0.4, -0.2) is 36.0 Å². The monoisotopic (exact) mass is 215 g/mol. The van der Waals surface area contributed by atoms with E-state index in [0.29, 0.717) is 0 Å². The van der Waals surface area contributed by atoms with Crippen molar-refractivity contribution in [3.8, 4) is 0 Å². The van der Waals surface area contributed by atoms with Gasteiger partial charge < -0.3 is 4.90 Å². The highest BCUT2D eigenvalue weighted by atomic mass is 32.2. The van der Waals surface area contributed by atoms with Gasteiger partial charge in [0.25, 0.3) is 0 Å². The van der Waals surface area contributed by atoms with E-state index in [4.69, 9.17) is 0 Å². The second-order valence-electron chi connectivity index (χ2n) is 5.17. The molecule has 1 fully saturated rings. The standard InChI is InChI=1S/C12H25NS/c1-9(2)12-7-13(10(3)4)6-11(12)8-14-5/h9-12H,6-8H2,1-5H3. The summed E-state index contributed by atoms with van der Waals surface area (Å²) in [5.41, 5.74) is 0. The fourth-order valence-corrected chi connectivity index (χ4v) is 3.28. The van der Waals surface area contributed by atoms with E-state index in [1.165, 1.54) is 18.8 Å². The molecule has 2 atom stereocenters. The Hall–Kier alpha value is 0.310. The van der Waals surface area contributed by atoms with E-state index in [9.17, 15) is 0 Å². The Balaban J connectivity index is 2.55. The van der Waals surface area contributed by atoms with E-state index in [0.717, 1.165) is 23.8 Å². The Morgan fingerprint density at radius 1 is 1.21 bits per heavy atom. The zero-order valence-corrected chi connectivity index (χ0v) is 11.1. The molecule has 0 bridgehead atoms. The molecule has 0 saturated carbocycles. The van der Waals surface area contributed by atoms with Crippen LogP contribution in [0, 0.1) is 17.8 Å². The van der Waals surface area contributed by atoms with Gasteiger partial charge in [0, 0.05) is 19.1 Å². The van der Waals surface area contributed by atoms with Crippen LogP contribution < -0.4 is 0 Å². The van der Waals surface area contributed by atoms with Crippen molar-refractivity contribution >= 4 is 11.8 Å². The summed E-state index contributed by atoms with van der Waals surface area (Å²) in [5.74, 6) is 4.03. The van der Waals surface area contributed by atoms with E-state index in [2.05, 4.69) is 38.9 Å². The molecular weight excluding hydrogens is 190 g/mol. The Labute approximate surface area is 93.6 Å². The Kier molecular flexibility index (Phi) is 4.78. The van der Waals surface area contributed by atoms with Crippen molar-refractivity contribution in [1.82, 2.24) is 4.90 Å². The van der Waals surface area contributed by atoms with Gasteiger partial charge in [0.15, 0.2) is 0 Å². The normalized spacial score (nSPS) is 29.4. The second-order valence-corrected chi connectivity index (χ2v) is 6.08. The molecule has 0 aromatic rings. The molecule has 1 heterocycles. The number of likely N-dealkylation sites (tertiary alicyclic amines) is 1. The van der Waals surface area contributed by atoms with Gasteiger partial charge in [-0.05, 0) is 43.6 Å². The molecule has 14 heavy (non-hydrogen) atoms. The van der Waals surface area contributed by atoms with Crippen LogP contribution in [0.1, 0.15) is 27.7 Å². The van der Waals surface area contributed by atoms with Crippen LogP contribution in [0.2, 0.25) is 0 Å². The van der Waals surface area contributed by atoms with Crippen molar-refractivity contribution in [3.05, 3.63) is 0 Å². The van der Waals surface area contributed by atoms with Gasteiger partial charge >= 0.3 is 0 Å². The third-order valence-electron chi connectivity index (χ3n) is 3.49. The van der Waals surface area contributed by atoms with Crippen molar-refractivity contribution in [2.24, 2.45) is 17.8 Å². The summed E-state index contributed by atoms with van der Waals surface area (Å²) in [6.45, 7) is 12.0. The predicted molar refractivity (Wildman–Crippen MR) is 66.9 cm³/mol. The molecule has 84 valence electrons. The first kappa shape index (κ1) is 12.4. The molecule has 0 amide bonds. The molecule has 1 nitrogen and oxygen atoms in total. The lowest BCUT2D eigenvalue weighted by Crippen LogP contribution is -2.29. The van der Waals surface area contributed by atoms with Gasteiger partial charge in [-0.15, -0.1) is 0 Å². The number of rotatable bonds is 4. The molecule has 0 aliphatic carbocycles. The van der Waals surface area contributed by atoms with Crippen molar-refractivity contribution in [2.75, 3.05) is 25.1 Å². The molecular formula is C12H25NS. The largest absolute Gasteiger partial charge is 0.300 e. The summed E-state index contributed by atoms with van der Waals surface area (Å²) in [7, 11) is 0. The maximum absolute atomic E-state index is 2.64. The van der Waals surface area contributed by atoms with Gasteiger partial charge in [-0.2, -0.15) is 11.8 Å². The smallest absolute Gasteiger partial charge is 0.00388 e. The fraction of sp³-hybridized carbons (Fsp3) is 1.00. The summed E-state index contributed by atoms with van der Waals surface area (Å²) in [6, 6.07) is 0.725. The SMILES string of the molecule is CSCC1CN(C(C)C)CC1C(C)C. The first-order valence-electron chi connectivity index (χ1n) is 5.79. The van der Waals surface area contributed by atoms with Crippen molar-refractivity contribution in [3.63, 3.8) is 0 Å². The number of thioether (sulfide) groups is 1. The van der Waals surface area contributed by atoms with Crippen LogP contribution in [-0.2, 0) is 0 Å². The maximum Gasteiger partial charge on any atom is 0.00388 e. The van der Waals surface area contributed by atoms with Gasteiger partial charge in [-0.25, -0.2) is 0 Å². The number of hydrogen-bond acceptors (Lipinski definition) is 2. The Morgan fingerprint density at radius 3 is 2.29 bits per heavy atom. The van der Waals surface area contributed by atoms with Crippen LogP contribution in [0.4, 0.5) is 0 Å². The molecule has 1 saturated heterocycles. The third-order valence-corrected chi connectivity index (χ3v) is 4.25. The van der Waals surface area contributed by atoms with E-state index in [1.807, 2.05) is 11.8 Å². The fourth-order valence-electron chi connectivity index (χ4n) is 2.50. The van der Waals surface area contributed by atoms with Crippen LogP contribution in [0.5, 0.6) is 0 Å². The minimum Gasteiger partial charge on any atom is -0.300 e. The maximum atomic E-state index is 2.64. The quantitative estimate of drug-likeness (QED) is 0.709. The number of nitrogens with zero attached hydrogens (tertiary/aromatic N) is 1. The van der Waals surface area contributed by atoms with Crippen LogP contribution in [0.25, 0.3) is 0 Å². The van der Waals surface area contributed by atoms with Gasteiger partial charge in [0.2, 0.25) is 0 Å². The van der Waals surface area contributed by atoms with E-state index < -0.39 is 0 Å². The van der Waals surface area contributed by atoms with Gasteiger partial charge in [0.05, 0.1) is 0 Å².